The first-order valence-corrected chi connectivity index (χ1v) is 10.5. The molecule has 2 aromatic heterocycles. The number of phenolic OH excluding ortho intramolecular Hbond substituents is 1. The number of amides is 1. The highest BCUT2D eigenvalue weighted by atomic mass is 19.4. The Labute approximate surface area is 198 Å². The Morgan fingerprint density at radius 1 is 1.17 bits per heavy atom. The number of carbonyl (C=O) groups is 1. The molecular weight excluding hydrogens is 471 g/mol. The van der Waals surface area contributed by atoms with Gasteiger partial charge in [-0.1, -0.05) is 25.4 Å². The molecule has 35 heavy (non-hydrogen) atoms. The number of phenols is 1. The van der Waals surface area contributed by atoms with E-state index in [0.717, 1.165) is 11.0 Å². The molecule has 0 spiro atoms. The maximum Gasteiger partial charge on any atom is 0.417 e. The number of nitrogens with zero attached hydrogens (tertiary/aromatic N) is 3. The number of halogens is 3. The molecule has 2 heterocycles. The normalized spacial score (nSPS) is 12.9. The Morgan fingerprint density at radius 2 is 1.83 bits per heavy atom. The fraction of sp³-hybridized carbons (Fsp3) is 0.409. The van der Waals surface area contributed by atoms with Crippen molar-refractivity contribution in [1.82, 2.24) is 10.1 Å². The topological polar surface area (TPSA) is 128 Å². The maximum atomic E-state index is 13.5. The van der Waals surface area contributed by atoms with E-state index < -0.39 is 40.4 Å². The number of furan rings is 1. The fourth-order valence-electron chi connectivity index (χ4n) is 3.41. The number of carbonyl (C=O) groups excluding carboxylic acids is 1. The van der Waals surface area contributed by atoms with E-state index in [1.165, 1.54) is 14.1 Å². The zero-order valence-electron chi connectivity index (χ0n) is 20.0. The van der Waals surface area contributed by atoms with Crippen LogP contribution in [0.1, 0.15) is 54.3 Å². The summed E-state index contributed by atoms with van der Waals surface area (Å²) in [7, 11) is 2.52. The van der Waals surface area contributed by atoms with Gasteiger partial charge in [0.2, 0.25) is 0 Å². The van der Waals surface area contributed by atoms with Crippen LogP contribution in [0, 0.1) is 12.3 Å². The van der Waals surface area contributed by atoms with E-state index in [9.17, 15) is 28.3 Å². The number of benzene rings is 1. The van der Waals surface area contributed by atoms with E-state index in [1.54, 1.807) is 19.1 Å². The quantitative estimate of drug-likeness (QED) is 0.290. The maximum absolute atomic E-state index is 13.5. The van der Waals surface area contributed by atoms with Gasteiger partial charge in [-0.15, -0.1) is 0 Å². The van der Waals surface area contributed by atoms with Crippen LogP contribution in [0.4, 0.5) is 30.5 Å². The average Bonchev–Trinajstić information content (AvgIpc) is 3.30. The summed E-state index contributed by atoms with van der Waals surface area (Å²) in [5.41, 5.74) is -2.96. The SMILES string of the molecule is Cc1ccc([C@H](Nc2no[n+](O)c2Nc2ccc(C(F)(F)F)c(C(=O)N(C)C)c2O)C(C)(C)C)o1. The molecule has 0 aliphatic heterocycles. The molecule has 0 unspecified atom stereocenters. The number of aryl methyl sites for hydroxylation is 1. The van der Waals surface area contributed by atoms with Gasteiger partial charge in [0.25, 0.3) is 5.91 Å². The van der Waals surface area contributed by atoms with Crippen molar-refractivity contribution in [3.8, 4) is 5.75 Å². The van der Waals surface area contributed by atoms with Crippen LogP contribution in [0.2, 0.25) is 0 Å². The zero-order chi connectivity index (χ0) is 26.3. The predicted octanol–water partition coefficient (Wildman–Crippen LogP) is 4.47. The number of alkyl halides is 3. The van der Waals surface area contributed by atoms with Crippen LogP contribution in [0.25, 0.3) is 0 Å². The zero-order valence-corrected chi connectivity index (χ0v) is 20.0. The number of nitrogens with one attached hydrogen (secondary N) is 2. The second kappa shape index (κ2) is 9.04. The molecule has 3 rings (SSSR count). The number of anilines is 3. The van der Waals surface area contributed by atoms with E-state index in [4.69, 9.17) is 9.05 Å². The molecular formula is C22H27F3N5O5+. The number of hydrogen-bond acceptors (Lipinski definition) is 8. The van der Waals surface area contributed by atoms with Crippen molar-refractivity contribution in [2.75, 3.05) is 24.7 Å². The molecule has 190 valence electrons. The van der Waals surface area contributed by atoms with Gasteiger partial charge in [0.05, 0.1) is 17.2 Å². The number of hydrogen-bond donors (Lipinski definition) is 4. The standard InChI is InChI=1S/C22H26F3N5O5/c1-11-7-10-14(34-11)17(21(2,3)4)27-18-19(30(33)35-28-18)26-13-9-8-12(22(23,24)25)15(16(13)31)20(32)29(5)6/h7-10,17,33H,1-6H3,(H2,27,28,31,32)/p+1/t17-/m0/s1. The molecule has 0 bridgehead atoms. The van der Waals surface area contributed by atoms with E-state index >= 15 is 0 Å². The van der Waals surface area contributed by atoms with Crippen molar-refractivity contribution in [3.05, 3.63) is 46.9 Å². The molecule has 13 heteroatoms. The summed E-state index contributed by atoms with van der Waals surface area (Å²) in [5, 5.41) is 30.2. The Kier molecular flexibility index (Phi) is 6.64. The minimum absolute atomic E-state index is 0.0266. The summed E-state index contributed by atoms with van der Waals surface area (Å²) in [4.78, 5) is 13.6. The largest absolute Gasteiger partial charge is 0.504 e. The third-order valence-electron chi connectivity index (χ3n) is 5.17. The van der Waals surface area contributed by atoms with E-state index in [1.807, 2.05) is 20.8 Å². The summed E-state index contributed by atoms with van der Waals surface area (Å²) in [6.45, 7) is 7.59. The smallest absolute Gasteiger partial charge is 0.417 e. The van der Waals surface area contributed by atoms with Gasteiger partial charge in [-0.05, 0) is 36.6 Å². The third kappa shape index (κ3) is 5.28. The summed E-state index contributed by atoms with van der Waals surface area (Å²) >= 11 is 0. The first-order chi connectivity index (χ1) is 16.1. The molecule has 1 aromatic carbocycles. The number of rotatable bonds is 6. The predicted molar refractivity (Wildman–Crippen MR) is 118 cm³/mol. The molecule has 0 radical (unpaired) electrons. The van der Waals surface area contributed by atoms with Gasteiger partial charge >= 0.3 is 17.8 Å². The van der Waals surface area contributed by atoms with Gasteiger partial charge in [-0.3, -0.25) is 10.1 Å². The molecule has 1 amide bonds. The molecule has 10 nitrogen and oxygen atoms in total. The van der Waals surface area contributed by atoms with Crippen molar-refractivity contribution in [2.45, 2.75) is 39.9 Å². The van der Waals surface area contributed by atoms with E-state index in [2.05, 4.69) is 15.8 Å². The van der Waals surface area contributed by atoms with Crippen molar-refractivity contribution < 1.29 is 42.2 Å². The molecule has 4 N–H and O–H groups in total. The third-order valence-corrected chi connectivity index (χ3v) is 5.17. The van der Waals surface area contributed by atoms with Gasteiger partial charge in [0.1, 0.15) is 27.3 Å². The molecule has 1 atom stereocenters. The lowest BCUT2D eigenvalue weighted by Gasteiger charge is -2.29. The first-order valence-electron chi connectivity index (χ1n) is 10.5. The minimum atomic E-state index is -4.89. The fourth-order valence-corrected chi connectivity index (χ4v) is 3.41. The summed E-state index contributed by atoms with van der Waals surface area (Å²) < 4.78 is 51.1. The monoisotopic (exact) mass is 498 g/mol. The highest BCUT2D eigenvalue weighted by molar-refractivity contribution is 6.00. The highest BCUT2D eigenvalue weighted by Crippen LogP contribution is 2.42. The van der Waals surface area contributed by atoms with Crippen LogP contribution in [0.15, 0.2) is 33.3 Å². The lowest BCUT2D eigenvalue weighted by molar-refractivity contribution is -1.03. The van der Waals surface area contributed by atoms with Crippen LogP contribution in [-0.4, -0.2) is 40.4 Å². The number of aromatic nitrogens is 2. The molecule has 0 aliphatic carbocycles. The first kappa shape index (κ1) is 25.7. The highest BCUT2D eigenvalue weighted by Gasteiger charge is 2.39. The Hall–Kier alpha value is -3.90. The molecule has 0 saturated carbocycles. The van der Waals surface area contributed by atoms with Gasteiger partial charge in [0.15, 0.2) is 5.75 Å². The minimum Gasteiger partial charge on any atom is -0.504 e. The summed E-state index contributed by atoms with van der Waals surface area (Å²) in [6.07, 6.45) is -4.89. The Balaban J connectivity index is 2.04. The van der Waals surface area contributed by atoms with Crippen LogP contribution in [0.5, 0.6) is 5.75 Å². The van der Waals surface area contributed by atoms with Gasteiger partial charge in [-0.2, -0.15) is 13.2 Å². The van der Waals surface area contributed by atoms with Crippen LogP contribution in [-0.2, 0) is 6.18 Å². The summed E-state index contributed by atoms with van der Waals surface area (Å²) in [6, 6.07) is 4.68. The molecule has 0 saturated heterocycles. The average molecular weight is 498 g/mol. The van der Waals surface area contributed by atoms with Crippen molar-refractivity contribution in [3.63, 3.8) is 0 Å². The van der Waals surface area contributed by atoms with Crippen LogP contribution in [0.3, 0.4) is 0 Å². The van der Waals surface area contributed by atoms with E-state index in [-0.39, 0.29) is 22.2 Å². The molecule has 0 fully saturated rings. The van der Waals surface area contributed by atoms with Crippen LogP contribution < -0.4 is 15.5 Å². The van der Waals surface area contributed by atoms with Gasteiger partial charge in [0, 0.05) is 14.1 Å². The molecule has 3 aromatic rings. The van der Waals surface area contributed by atoms with E-state index in [0.29, 0.717) is 17.6 Å². The lowest BCUT2D eigenvalue weighted by atomic mass is 9.85. The van der Waals surface area contributed by atoms with Crippen molar-refractivity contribution >= 4 is 23.2 Å². The van der Waals surface area contributed by atoms with Crippen molar-refractivity contribution in [2.24, 2.45) is 5.41 Å². The number of aromatic hydroxyl groups is 1. The van der Waals surface area contributed by atoms with Gasteiger partial charge < -0.3 is 24.9 Å². The lowest BCUT2D eigenvalue weighted by Crippen LogP contribution is -2.31. The second-order valence-electron chi connectivity index (χ2n) is 9.24. The second-order valence-corrected chi connectivity index (χ2v) is 9.24. The summed E-state index contributed by atoms with van der Waals surface area (Å²) in [5.74, 6) is -1.02. The van der Waals surface area contributed by atoms with Gasteiger partial charge in [-0.25, -0.2) is 0 Å². The molecule has 0 aliphatic rings. The Morgan fingerprint density at radius 3 is 2.34 bits per heavy atom. The van der Waals surface area contributed by atoms with Crippen molar-refractivity contribution in [1.29, 1.82) is 0 Å². The Bertz CT molecular complexity index is 1230. The van der Waals surface area contributed by atoms with Crippen LogP contribution >= 0.6 is 0 Å².